The minimum absolute atomic E-state index is 0.244. The van der Waals surface area contributed by atoms with Crippen molar-refractivity contribution in [1.29, 1.82) is 0 Å². The van der Waals surface area contributed by atoms with Crippen LogP contribution in [0.2, 0.25) is 0 Å². The second-order valence-electron chi connectivity index (χ2n) is 6.56. The molecule has 1 atom stereocenters. The van der Waals surface area contributed by atoms with E-state index in [1.165, 1.54) is 32.5 Å². The van der Waals surface area contributed by atoms with Crippen LogP contribution in [0.25, 0.3) is 0 Å². The van der Waals surface area contributed by atoms with Crippen molar-refractivity contribution in [2.75, 3.05) is 45.8 Å². The predicted octanol–water partition coefficient (Wildman–Crippen LogP) is 0.258. The molecule has 116 valence electrons. The van der Waals surface area contributed by atoms with E-state index in [1.54, 1.807) is 0 Å². The van der Waals surface area contributed by atoms with Gasteiger partial charge >= 0.3 is 0 Å². The van der Waals surface area contributed by atoms with Crippen LogP contribution in [0.15, 0.2) is 0 Å². The molecule has 2 aliphatic rings. The lowest BCUT2D eigenvalue weighted by Gasteiger charge is -2.36. The highest BCUT2D eigenvalue weighted by atomic mass is 16.1. The molecular weight excluding hydrogens is 252 g/mol. The van der Waals surface area contributed by atoms with Crippen LogP contribution in [0.1, 0.15) is 33.1 Å². The Morgan fingerprint density at radius 1 is 1.25 bits per heavy atom. The minimum Gasteiger partial charge on any atom is -0.368 e. The number of nitrogens with two attached hydrogens (primary N) is 1. The van der Waals surface area contributed by atoms with Crippen LogP contribution in [0.4, 0.5) is 0 Å². The molecule has 0 radical (unpaired) electrons. The van der Waals surface area contributed by atoms with E-state index in [1.807, 2.05) is 13.8 Å². The standard InChI is InChI=1S/C15H30N4O/c1-3-17-15(2,14(16)20)6-7-18-8-10-19(11-9-18)12-13-4-5-13/h13,17H,3-12H2,1-2H3,(H2,16,20). The summed E-state index contributed by atoms with van der Waals surface area (Å²) in [4.78, 5) is 16.6. The van der Waals surface area contributed by atoms with Gasteiger partial charge in [0.2, 0.25) is 5.91 Å². The number of carbonyl (C=O) groups excluding carboxylic acids is 1. The van der Waals surface area contributed by atoms with Gasteiger partial charge in [0.05, 0.1) is 5.54 Å². The zero-order valence-electron chi connectivity index (χ0n) is 13.0. The highest BCUT2D eigenvalue weighted by Gasteiger charge is 2.31. The van der Waals surface area contributed by atoms with E-state index in [9.17, 15) is 4.79 Å². The summed E-state index contributed by atoms with van der Waals surface area (Å²) in [6, 6.07) is 0. The van der Waals surface area contributed by atoms with Gasteiger partial charge in [-0.25, -0.2) is 0 Å². The molecule has 2 rings (SSSR count). The summed E-state index contributed by atoms with van der Waals surface area (Å²) >= 11 is 0. The summed E-state index contributed by atoms with van der Waals surface area (Å²) in [6.07, 6.45) is 3.65. The van der Waals surface area contributed by atoms with Gasteiger partial charge in [-0.05, 0) is 38.6 Å². The van der Waals surface area contributed by atoms with Crippen molar-refractivity contribution in [3.8, 4) is 0 Å². The van der Waals surface area contributed by atoms with E-state index >= 15 is 0 Å². The van der Waals surface area contributed by atoms with E-state index in [4.69, 9.17) is 5.73 Å². The molecule has 1 aliphatic carbocycles. The van der Waals surface area contributed by atoms with Crippen molar-refractivity contribution in [2.24, 2.45) is 11.7 Å². The molecule has 0 aromatic rings. The summed E-state index contributed by atoms with van der Waals surface area (Å²) in [6.45, 7) is 11.5. The zero-order chi connectivity index (χ0) is 14.6. The number of primary amides is 1. The molecule has 0 spiro atoms. The van der Waals surface area contributed by atoms with Crippen LogP contribution in [-0.4, -0.2) is 67.1 Å². The van der Waals surface area contributed by atoms with E-state index in [0.29, 0.717) is 0 Å². The van der Waals surface area contributed by atoms with Gasteiger partial charge < -0.3 is 20.9 Å². The SMILES string of the molecule is CCNC(C)(CCN1CCN(CC2CC2)CC1)C(N)=O. The lowest BCUT2D eigenvalue weighted by Crippen LogP contribution is -2.55. The first-order valence-corrected chi connectivity index (χ1v) is 8.03. The number of amides is 1. The Balaban J connectivity index is 1.70. The predicted molar refractivity (Wildman–Crippen MR) is 81.5 cm³/mol. The Kier molecular flexibility index (Phi) is 5.41. The van der Waals surface area contributed by atoms with E-state index < -0.39 is 5.54 Å². The fourth-order valence-corrected chi connectivity index (χ4v) is 2.93. The molecule has 1 saturated heterocycles. The van der Waals surface area contributed by atoms with Crippen LogP contribution in [-0.2, 0) is 4.79 Å². The van der Waals surface area contributed by atoms with Gasteiger partial charge in [-0.3, -0.25) is 4.79 Å². The Morgan fingerprint density at radius 3 is 2.35 bits per heavy atom. The summed E-state index contributed by atoms with van der Waals surface area (Å²) in [5, 5.41) is 3.23. The van der Waals surface area contributed by atoms with Gasteiger partial charge in [-0.1, -0.05) is 6.92 Å². The first-order valence-electron chi connectivity index (χ1n) is 8.03. The average molecular weight is 282 g/mol. The third kappa shape index (κ3) is 4.43. The number of piperazine rings is 1. The molecule has 5 heteroatoms. The van der Waals surface area contributed by atoms with Gasteiger partial charge in [-0.2, -0.15) is 0 Å². The second kappa shape index (κ2) is 6.87. The normalized spacial score (nSPS) is 24.5. The maximum atomic E-state index is 11.6. The number of nitrogens with zero attached hydrogens (tertiary/aromatic N) is 2. The molecule has 0 aromatic heterocycles. The lowest BCUT2D eigenvalue weighted by molar-refractivity contribution is -0.124. The fourth-order valence-electron chi connectivity index (χ4n) is 2.93. The van der Waals surface area contributed by atoms with E-state index in [0.717, 1.165) is 38.5 Å². The van der Waals surface area contributed by atoms with Gasteiger partial charge in [0.15, 0.2) is 0 Å². The lowest BCUT2D eigenvalue weighted by atomic mass is 9.96. The molecule has 1 amide bonds. The highest BCUT2D eigenvalue weighted by Crippen LogP contribution is 2.29. The molecule has 2 fully saturated rings. The van der Waals surface area contributed by atoms with Crippen molar-refractivity contribution < 1.29 is 4.79 Å². The number of likely N-dealkylation sites (N-methyl/N-ethyl adjacent to an activating group) is 1. The number of hydrogen-bond donors (Lipinski definition) is 2. The summed E-state index contributed by atoms with van der Waals surface area (Å²) < 4.78 is 0. The summed E-state index contributed by atoms with van der Waals surface area (Å²) in [7, 11) is 0. The Labute approximate surface area is 122 Å². The minimum atomic E-state index is -0.570. The van der Waals surface area contributed by atoms with Gasteiger partial charge in [0.1, 0.15) is 0 Å². The fraction of sp³-hybridized carbons (Fsp3) is 0.933. The quantitative estimate of drug-likeness (QED) is 0.670. The monoisotopic (exact) mass is 282 g/mol. The molecule has 1 unspecified atom stereocenters. The Bertz CT molecular complexity index is 324. The van der Waals surface area contributed by atoms with Gasteiger partial charge in [-0.15, -0.1) is 0 Å². The molecule has 1 aliphatic heterocycles. The number of rotatable bonds is 8. The van der Waals surface area contributed by atoms with Crippen molar-refractivity contribution in [3.63, 3.8) is 0 Å². The first kappa shape index (κ1) is 15.7. The largest absolute Gasteiger partial charge is 0.368 e. The third-order valence-electron chi connectivity index (χ3n) is 4.72. The first-order chi connectivity index (χ1) is 9.53. The molecule has 1 heterocycles. The van der Waals surface area contributed by atoms with E-state index in [-0.39, 0.29) is 5.91 Å². The molecular formula is C15H30N4O. The third-order valence-corrected chi connectivity index (χ3v) is 4.72. The zero-order valence-corrected chi connectivity index (χ0v) is 13.0. The van der Waals surface area contributed by atoms with E-state index in [2.05, 4.69) is 15.1 Å². The summed E-state index contributed by atoms with van der Waals surface area (Å²) in [5.74, 6) is 0.736. The molecule has 0 aromatic carbocycles. The maximum Gasteiger partial charge on any atom is 0.237 e. The molecule has 1 saturated carbocycles. The van der Waals surface area contributed by atoms with Crippen LogP contribution >= 0.6 is 0 Å². The van der Waals surface area contributed by atoms with Gasteiger partial charge in [0.25, 0.3) is 0 Å². The maximum absolute atomic E-state index is 11.6. The molecule has 20 heavy (non-hydrogen) atoms. The van der Waals surface area contributed by atoms with Crippen LogP contribution < -0.4 is 11.1 Å². The number of nitrogens with one attached hydrogen (secondary N) is 1. The molecule has 5 nitrogen and oxygen atoms in total. The average Bonchev–Trinajstić information content (AvgIpc) is 3.22. The van der Waals surface area contributed by atoms with Crippen molar-refractivity contribution in [2.45, 2.75) is 38.6 Å². The topological polar surface area (TPSA) is 61.6 Å². The summed E-state index contributed by atoms with van der Waals surface area (Å²) in [5.41, 5.74) is 4.96. The van der Waals surface area contributed by atoms with Crippen LogP contribution in [0.3, 0.4) is 0 Å². The smallest absolute Gasteiger partial charge is 0.237 e. The second-order valence-corrected chi connectivity index (χ2v) is 6.56. The van der Waals surface area contributed by atoms with Crippen molar-refractivity contribution in [3.05, 3.63) is 0 Å². The number of hydrogen-bond acceptors (Lipinski definition) is 4. The Morgan fingerprint density at radius 2 is 1.85 bits per heavy atom. The van der Waals surface area contributed by atoms with Gasteiger partial charge in [0, 0.05) is 39.3 Å². The van der Waals surface area contributed by atoms with Crippen LogP contribution in [0, 0.1) is 5.92 Å². The number of carbonyl (C=O) groups is 1. The molecule has 0 bridgehead atoms. The Hall–Kier alpha value is -0.650. The van der Waals surface area contributed by atoms with Crippen molar-refractivity contribution in [1.82, 2.24) is 15.1 Å². The molecule has 3 N–H and O–H groups in total. The van der Waals surface area contributed by atoms with Crippen molar-refractivity contribution >= 4 is 5.91 Å². The highest BCUT2D eigenvalue weighted by molar-refractivity contribution is 5.84. The van der Waals surface area contributed by atoms with Crippen LogP contribution in [0.5, 0.6) is 0 Å².